The van der Waals surface area contributed by atoms with E-state index in [0.717, 1.165) is 19.4 Å². The molecule has 2 amide bonds. The topological polar surface area (TPSA) is 60.9 Å². The van der Waals surface area contributed by atoms with Crippen LogP contribution in [0.5, 0.6) is 0 Å². The minimum Gasteiger partial charge on any atom is -0.481 e. The number of carboxylic acid groups (broad SMARTS) is 1. The van der Waals surface area contributed by atoms with Gasteiger partial charge in [-0.05, 0) is 24.7 Å². The largest absolute Gasteiger partial charge is 0.481 e. The van der Waals surface area contributed by atoms with E-state index in [2.05, 4.69) is 13.2 Å². The second kappa shape index (κ2) is 8.49. The van der Waals surface area contributed by atoms with Gasteiger partial charge in [0, 0.05) is 32.6 Å². The third-order valence-electron chi connectivity index (χ3n) is 4.00. The van der Waals surface area contributed by atoms with Gasteiger partial charge in [-0.3, -0.25) is 4.79 Å². The Morgan fingerprint density at radius 3 is 2.52 bits per heavy atom. The highest BCUT2D eigenvalue weighted by Crippen LogP contribution is 2.26. The summed E-state index contributed by atoms with van der Waals surface area (Å²) in [5, 5.41) is 8.91. The molecule has 1 N–H and O–H groups in total. The van der Waals surface area contributed by atoms with Crippen LogP contribution in [0, 0.1) is 11.8 Å². The summed E-state index contributed by atoms with van der Waals surface area (Å²) in [6.07, 6.45) is 5.49. The molecule has 118 valence electrons. The first-order valence-corrected chi connectivity index (χ1v) is 7.47. The van der Waals surface area contributed by atoms with Crippen LogP contribution in [0.15, 0.2) is 25.3 Å². The van der Waals surface area contributed by atoms with Gasteiger partial charge in [0.2, 0.25) is 0 Å². The summed E-state index contributed by atoms with van der Waals surface area (Å²) < 4.78 is 0. The second-order valence-electron chi connectivity index (χ2n) is 5.69. The summed E-state index contributed by atoms with van der Waals surface area (Å²) in [7, 11) is 0. The van der Waals surface area contributed by atoms with Crippen molar-refractivity contribution in [3.63, 3.8) is 0 Å². The lowest BCUT2D eigenvalue weighted by Gasteiger charge is -2.38. The molecule has 1 heterocycles. The summed E-state index contributed by atoms with van der Waals surface area (Å²) in [6.45, 7) is 11.7. The average Bonchev–Trinajstić information content (AvgIpc) is 2.45. The van der Waals surface area contributed by atoms with E-state index >= 15 is 0 Å². The van der Waals surface area contributed by atoms with Gasteiger partial charge in [-0.2, -0.15) is 0 Å². The Kier molecular flexibility index (Phi) is 6.99. The molecule has 0 radical (unpaired) electrons. The van der Waals surface area contributed by atoms with Crippen molar-refractivity contribution in [3.05, 3.63) is 25.3 Å². The number of carboxylic acids is 1. The number of piperidine rings is 1. The number of urea groups is 1. The number of nitrogens with zero attached hydrogens (tertiary/aromatic N) is 2. The van der Waals surface area contributed by atoms with E-state index in [1.54, 1.807) is 17.1 Å². The lowest BCUT2D eigenvalue weighted by Crippen LogP contribution is -2.48. The molecule has 1 aliphatic heterocycles. The molecular formula is C16H26N2O3. The van der Waals surface area contributed by atoms with Crippen molar-refractivity contribution in [1.29, 1.82) is 0 Å². The molecule has 1 saturated heterocycles. The summed E-state index contributed by atoms with van der Waals surface area (Å²) in [5.74, 6) is -0.427. The van der Waals surface area contributed by atoms with Crippen LogP contribution in [-0.4, -0.2) is 53.1 Å². The maximum Gasteiger partial charge on any atom is 0.320 e. The van der Waals surface area contributed by atoms with Gasteiger partial charge in [0.1, 0.15) is 0 Å². The smallest absolute Gasteiger partial charge is 0.320 e. The molecule has 5 nitrogen and oxygen atoms in total. The SMILES string of the molecule is C=CCN(CC=C)C(=O)N1CCCC(C(C)CC(=O)O)C1. The number of carbonyl (C=O) groups is 2. The number of amides is 2. The molecule has 1 rings (SSSR count). The van der Waals surface area contributed by atoms with Gasteiger partial charge in [0.25, 0.3) is 0 Å². The maximum absolute atomic E-state index is 12.5. The first kappa shape index (κ1) is 17.3. The van der Waals surface area contributed by atoms with Crippen LogP contribution in [0.25, 0.3) is 0 Å². The molecule has 2 atom stereocenters. The van der Waals surface area contributed by atoms with Crippen LogP contribution in [-0.2, 0) is 4.79 Å². The number of hydrogen-bond donors (Lipinski definition) is 1. The molecule has 0 saturated carbocycles. The molecule has 0 aromatic carbocycles. The van der Waals surface area contributed by atoms with Gasteiger partial charge in [0.15, 0.2) is 0 Å². The first-order valence-electron chi connectivity index (χ1n) is 7.47. The quantitative estimate of drug-likeness (QED) is 0.734. The number of aliphatic carboxylic acids is 1. The van der Waals surface area contributed by atoms with Crippen molar-refractivity contribution in [2.24, 2.45) is 11.8 Å². The Bertz CT molecular complexity index is 385. The fourth-order valence-corrected chi connectivity index (χ4v) is 2.83. The van der Waals surface area contributed by atoms with E-state index in [-0.39, 0.29) is 24.3 Å². The van der Waals surface area contributed by atoms with E-state index in [4.69, 9.17) is 5.11 Å². The monoisotopic (exact) mass is 294 g/mol. The second-order valence-corrected chi connectivity index (χ2v) is 5.69. The Morgan fingerprint density at radius 2 is 2.00 bits per heavy atom. The Labute approximate surface area is 126 Å². The van der Waals surface area contributed by atoms with Crippen LogP contribution in [0.4, 0.5) is 4.79 Å². The molecule has 1 aliphatic rings. The first-order chi connectivity index (χ1) is 9.99. The van der Waals surface area contributed by atoms with Crippen molar-refractivity contribution >= 4 is 12.0 Å². The van der Waals surface area contributed by atoms with Gasteiger partial charge in [0.05, 0.1) is 0 Å². The van der Waals surface area contributed by atoms with Gasteiger partial charge >= 0.3 is 12.0 Å². The summed E-state index contributed by atoms with van der Waals surface area (Å²) in [5.41, 5.74) is 0. The Balaban J connectivity index is 2.65. The van der Waals surface area contributed by atoms with E-state index in [1.165, 1.54) is 0 Å². The number of hydrogen-bond acceptors (Lipinski definition) is 2. The van der Waals surface area contributed by atoms with Crippen molar-refractivity contribution in [2.75, 3.05) is 26.2 Å². The minimum atomic E-state index is -0.772. The van der Waals surface area contributed by atoms with E-state index < -0.39 is 5.97 Å². The third kappa shape index (κ3) is 5.25. The molecule has 0 bridgehead atoms. The Morgan fingerprint density at radius 1 is 1.38 bits per heavy atom. The molecule has 0 aliphatic carbocycles. The predicted octanol–water partition coefficient (Wildman–Crippen LogP) is 2.60. The van der Waals surface area contributed by atoms with Crippen LogP contribution in [0.1, 0.15) is 26.2 Å². The normalized spacial score (nSPS) is 19.7. The molecule has 5 heteroatoms. The summed E-state index contributed by atoms with van der Waals surface area (Å²) in [6, 6.07) is -0.0120. The highest BCUT2D eigenvalue weighted by atomic mass is 16.4. The minimum absolute atomic E-state index is 0.0120. The van der Waals surface area contributed by atoms with Crippen molar-refractivity contribution in [3.8, 4) is 0 Å². The van der Waals surface area contributed by atoms with Crippen LogP contribution in [0.3, 0.4) is 0 Å². The molecule has 0 aromatic rings. The molecule has 0 aromatic heterocycles. The van der Waals surface area contributed by atoms with Crippen LogP contribution in [0.2, 0.25) is 0 Å². The fraction of sp³-hybridized carbons (Fsp3) is 0.625. The molecule has 2 unspecified atom stereocenters. The Hall–Kier alpha value is -1.78. The lowest BCUT2D eigenvalue weighted by atomic mass is 9.85. The van der Waals surface area contributed by atoms with E-state index in [1.807, 2.05) is 11.8 Å². The summed E-state index contributed by atoms with van der Waals surface area (Å²) >= 11 is 0. The third-order valence-corrected chi connectivity index (χ3v) is 4.00. The van der Waals surface area contributed by atoms with Crippen molar-refractivity contribution in [1.82, 2.24) is 9.80 Å². The number of likely N-dealkylation sites (tertiary alicyclic amines) is 1. The van der Waals surface area contributed by atoms with Gasteiger partial charge in [-0.1, -0.05) is 19.1 Å². The van der Waals surface area contributed by atoms with Crippen LogP contribution >= 0.6 is 0 Å². The zero-order valence-corrected chi connectivity index (χ0v) is 12.8. The van der Waals surface area contributed by atoms with Gasteiger partial charge in [-0.15, -0.1) is 13.2 Å². The molecular weight excluding hydrogens is 268 g/mol. The number of rotatable bonds is 7. The molecule has 21 heavy (non-hydrogen) atoms. The lowest BCUT2D eigenvalue weighted by molar-refractivity contribution is -0.138. The zero-order chi connectivity index (χ0) is 15.8. The van der Waals surface area contributed by atoms with Crippen LogP contribution < -0.4 is 0 Å². The van der Waals surface area contributed by atoms with Crippen molar-refractivity contribution in [2.45, 2.75) is 26.2 Å². The maximum atomic E-state index is 12.5. The van der Waals surface area contributed by atoms with Gasteiger partial charge < -0.3 is 14.9 Å². The number of carbonyl (C=O) groups excluding carboxylic acids is 1. The highest BCUT2D eigenvalue weighted by Gasteiger charge is 2.29. The fourth-order valence-electron chi connectivity index (χ4n) is 2.83. The highest BCUT2D eigenvalue weighted by molar-refractivity contribution is 5.75. The summed E-state index contributed by atoms with van der Waals surface area (Å²) in [4.78, 5) is 26.9. The molecule has 0 spiro atoms. The van der Waals surface area contributed by atoms with E-state index in [9.17, 15) is 9.59 Å². The van der Waals surface area contributed by atoms with Crippen molar-refractivity contribution < 1.29 is 14.7 Å². The zero-order valence-electron chi connectivity index (χ0n) is 12.8. The molecule has 1 fully saturated rings. The van der Waals surface area contributed by atoms with Gasteiger partial charge in [-0.25, -0.2) is 4.79 Å². The standard InChI is InChI=1S/C16H26N2O3/c1-4-8-17(9-5-2)16(21)18-10-6-7-14(12-18)13(3)11-15(19)20/h4-5,13-14H,1-2,6-12H2,3H3,(H,19,20). The van der Waals surface area contributed by atoms with E-state index in [0.29, 0.717) is 19.6 Å². The predicted molar refractivity (Wildman–Crippen MR) is 83.1 cm³/mol. The average molecular weight is 294 g/mol.